The summed E-state index contributed by atoms with van der Waals surface area (Å²) in [5.41, 5.74) is 2.22. The summed E-state index contributed by atoms with van der Waals surface area (Å²) < 4.78 is 6.14. The van der Waals surface area contributed by atoms with Crippen LogP contribution >= 0.6 is 0 Å². The Balaban J connectivity index is 1.40. The quantitative estimate of drug-likeness (QED) is 0.281. The van der Waals surface area contributed by atoms with Crippen molar-refractivity contribution < 1.29 is 9.53 Å². The van der Waals surface area contributed by atoms with E-state index in [-0.39, 0.29) is 11.4 Å². The van der Waals surface area contributed by atoms with E-state index in [1.807, 2.05) is 6.92 Å². The zero-order valence-corrected chi connectivity index (χ0v) is 24.3. The van der Waals surface area contributed by atoms with Crippen molar-refractivity contribution in [2.24, 2.45) is 51.2 Å². The largest absolute Gasteiger partial charge is 0.460 e. The van der Waals surface area contributed by atoms with Gasteiger partial charge in [0.15, 0.2) is 0 Å². The van der Waals surface area contributed by atoms with Gasteiger partial charge in [0.1, 0.15) is 6.61 Å². The normalized spacial score (nSPS) is 48.6. The molecule has 0 aromatic rings. The van der Waals surface area contributed by atoms with Gasteiger partial charge >= 0.3 is 5.97 Å². The summed E-state index contributed by atoms with van der Waals surface area (Å²) in [7, 11) is 0. The van der Waals surface area contributed by atoms with Crippen molar-refractivity contribution >= 4 is 5.97 Å². The summed E-state index contributed by atoms with van der Waals surface area (Å²) in [5, 5.41) is 0. The van der Waals surface area contributed by atoms with Crippen LogP contribution in [0.4, 0.5) is 0 Å². The molecule has 5 aliphatic rings. The van der Waals surface area contributed by atoms with Crippen LogP contribution in [-0.2, 0) is 9.53 Å². The molecule has 5 rings (SSSR count). The lowest BCUT2D eigenvalue weighted by atomic mass is 9.33. The Labute approximate surface area is 222 Å². The van der Waals surface area contributed by atoms with Crippen molar-refractivity contribution in [1.82, 2.24) is 0 Å². The van der Waals surface area contributed by atoms with E-state index in [2.05, 4.69) is 52.8 Å². The Hall–Kier alpha value is -1.05. The highest BCUT2D eigenvalue weighted by Gasteiger charge is 2.69. The van der Waals surface area contributed by atoms with Crippen LogP contribution in [0.2, 0.25) is 0 Å². The zero-order chi connectivity index (χ0) is 25.8. The van der Waals surface area contributed by atoms with Gasteiger partial charge in [-0.2, -0.15) is 0 Å². The Bertz CT molecular complexity index is 901. The minimum Gasteiger partial charge on any atom is -0.460 e. The molecule has 0 bridgehead atoms. The topological polar surface area (TPSA) is 26.3 Å². The predicted molar refractivity (Wildman–Crippen MR) is 149 cm³/mol. The van der Waals surface area contributed by atoms with Gasteiger partial charge in [0.2, 0.25) is 0 Å². The lowest BCUT2D eigenvalue weighted by Crippen LogP contribution is -2.65. The van der Waals surface area contributed by atoms with E-state index in [1.54, 1.807) is 0 Å². The Morgan fingerprint density at radius 1 is 0.861 bits per heavy atom. The second kappa shape index (κ2) is 9.60. The SMILES string of the molecule is C/C=C\C(=C/CC)COC(=O)C12CCCC1C1CCC3C4(C)CCCC(C)C4CCC3(C)[C@]1(C)CC2. The summed E-state index contributed by atoms with van der Waals surface area (Å²) in [5.74, 6) is 4.02. The van der Waals surface area contributed by atoms with Gasteiger partial charge in [-0.1, -0.05) is 72.1 Å². The highest BCUT2D eigenvalue weighted by Crippen LogP contribution is 2.76. The van der Waals surface area contributed by atoms with Crippen LogP contribution in [0.15, 0.2) is 23.8 Å². The molecular weight excluding hydrogens is 440 g/mol. The van der Waals surface area contributed by atoms with E-state index in [0.29, 0.717) is 34.7 Å². The molecule has 5 saturated carbocycles. The summed E-state index contributed by atoms with van der Waals surface area (Å²) in [4.78, 5) is 13.9. The average molecular weight is 495 g/mol. The van der Waals surface area contributed by atoms with Gasteiger partial charge in [0.05, 0.1) is 5.41 Å². The molecule has 9 atom stereocenters. The lowest BCUT2D eigenvalue weighted by molar-refractivity contribution is -0.228. The molecular formula is C34H54O2. The van der Waals surface area contributed by atoms with Crippen molar-refractivity contribution in [2.45, 2.75) is 125 Å². The Morgan fingerprint density at radius 2 is 1.64 bits per heavy atom. The van der Waals surface area contributed by atoms with Gasteiger partial charge in [0.25, 0.3) is 0 Å². The maximum atomic E-state index is 13.9. The third kappa shape index (κ3) is 3.73. The molecule has 5 aliphatic carbocycles. The second-order valence-electron chi connectivity index (χ2n) is 14.5. The molecule has 0 aromatic carbocycles. The number of carbonyl (C=O) groups is 1. The number of rotatable bonds is 5. The maximum absolute atomic E-state index is 13.9. The van der Waals surface area contributed by atoms with E-state index >= 15 is 0 Å². The minimum atomic E-state index is -0.221. The van der Waals surface area contributed by atoms with Crippen molar-refractivity contribution in [2.75, 3.05) is 6.61 Å². The second-order valence-corrected chi connectivity index (χ2v) is 14.5. The highest BCUT2D eigenvalue weighted by molar-refractivity contribution is 5.78. The van der Waals surface area contributed by atoms with Crippen LogP contribution in [0.25, 0.3) is 0 Å². The lowest BCUT2D eigenvalue weighted by Gasteiger charge is -2.71. The Morgan fingerprint density at radius 3 is 2.39 bits per heavy atom. The molecule has 0 spiro atoms. The van der Waals surface area contributed by atoms with Crippen molar-refractivity contribution in [3.8, 4) is 0 Å². The monoisotopic (exact) mass is 494 g/mol. The molecule has 0 N–H and O–H groups in total. The number of hydrogen-bond donors (Lipinski definition) is 0. The molecule has 36 heavy (non-hydrogen) atoms. The van der Waals surface area contributed by atoms with E-state index < -0.39 is 0 Å². The number of allylic oxidation sites excluding steroid dienone is 2. The highest BCUT2D eigenvalue weighted by atomic mass is 16.5. The van der Waals surface area contributed by atoms with Crippen LogP contribution in [0.5, 0.6) is 0 Å². The van der Waals surface area contributed by atoms with Crippen LogP contribution in [-0.4, -0.2) is 12.6 Å². The van der Waals surface area contributed by atoms with Gasteiger partial charge in [-0.25, -0.2) is 0 Å². The van der Waals surface area contributed by atoms with Crippen LogP contribution < -0.4 is 0 Å². The van der Waals surface area contributed by atoms with Gasteiger partial charge in [0, 0.05) is 0 Å². The van der Waals surface area contributed by atoms with Gasteiger partial charge < -0.3 is 4.74 Å². The molecule has 0 heterocycles. The first-order valence-corrected chi connectivity index (χ1v) is 15.7. The number of esters is 1. The van der Waals surface area contributed by atoms with Crippen LogP contribution in [0.3, 0.4) is 0 Å². The number of carbonyl (C=O) groups excluding carboxylic acids is 1. The smallest absolute Gasteiger partial charge is 0.312 e. The summed E-state index contributed by atoms with van der Waals surface area (Å²) in [6, 6.07) is 0. The third-order valence-electron chi connectivity index (χ3n) is 13.4. The van der Waals surface area contributed by atoms with E-state index in [4.69, 9.17) is 4.74 Å². The van der Waals surface area contributed by atoms with Gasteiger partial charge in [-0.15, -0.1) is 0 Å². The number of fused-ring (bicyclic) bond motifs is 7. The zero-order valence-electron chi connectivity index (χ0n) is 24.3. The molecule has 0 aromatic heterocycles. The van der Waals surface area contributed by atoms with Gasteiger partial charge in [-0.05, 0) is 123 Å². The fraction of sp³-hybridized carbons (Fsp3) is 0.853. The van der Waals surface area contributed by atoms with Crippen molar-refractivity contribution in [3.63, 3.8) is 0 Å². The van der Waals surface area contributed by atoms with Crippen LogP contribution in [0, 0.1) is 51.2 Å². The molecule has 0 saturated heterocycles. The first kappa shape index (κ1) is 26.6. The summed E-state index contributed by atoms with van der Waals surface area (Å²) in [6.45, 7) is 15.3. The first-order chi connectivity index (χ1) is 17.2. The molecule has 8 unspecified atom stereocenters. The maximum Gasteiger partial charge on any atom is 0.312 e. The molecule has 2 nitrogen and oxygen atoms in total. The molecule has 0 radical (unpaired) electrons. The average Bonchev–Trinajstić information content (AvgIpc) is 3.28. The fourth-order valence-corrected chi connectivity index (χ4v) is 11.6. The predicted octanol–water partition coefficient (Wildman–Crippen LogP) is 9.30. The summed E-state index contributed by atoms with van der Waals surface area (Å²) >= 11 is 0. The molecule has 0 amide bonds. The third-order valence-corrected chi connectivity index (χ3v) is 13.4. The minimum absolute atomic E-state index is 0.127. The van der Waals surface area contributed by atoms with E-state index in [9.17, 15) is 4.79 Å². The number of ether oxygens (including phenoxy) is 1. The van der Waals surface area contributed by atoms with Crippen molar-refractivity contribution in [3.05, 3.63) is 23.8 Å². The fourth-order valence-electron chi connectivity index (χ4n) is 11.6. The van der Waals surface area contributed by atoms with E-state index in [1.165, 1.54) is 64.2 Å². The Kier molecular flexibility index (Phi) is 7.08. The van der Waals surface area contributed by atoms with Crippen molar-refractivity contribution in [1.29, 1.82) is 0 Å². The molecule has 0 aliphatic heterocycles. The number of hydrogen-bond acceptors (Lipinski definition) is 2. The van der Waals surface area contributed by atoms with E-state index in [0.717, 1.165) is 42.6 Å². The molecule has 5 fully saturated rings. The van der Waals surface area contributed by atoms with Crippen LogP contribution in [0.1, 0.15) is 125 Å². The standard InChI is InChI=1S/C34H54O2/c1-7-11-25(12-8-2)23-36-30(35)34-19-10-14-28(34)27-15-16-29-31(4)18-9-13-24(3)26(31)17-20-33(29,6)32(27,5)21-22-34/h7,11-12,24,26-29H,8-10,13-23H2,1-6H3/b11-7-,25-12+/t24?,26?,27?,28?,29?,31?,32-,33?,34?/m1/s1. The molecule has 202 valence electrons. The summed E-state index contributed by atoms with van der Waals surface area (Å²) in [6.07, 6.45) is 23.0. The first-order valence-electron chi connectivity index (χ1n) is 15.7. The molecule has 2 heteroatoms. The van der Waals surface area contributed by atoms with Gasteiger partial charge in [-0.3, -0.25) is 4.79 Å².